The van der Waals surface area contributed by atoms with Crippen LogP contribution in [0.4, 0.5) is 4.79 Å². The maximum absolute atomic E-state index is 13.2. The molecule has 0 saturated carbocycles. The molecule has 0 aromatic carbocycles. The summed E-state index contributed by atoms with van der Waals surface area (Å²) in [6.45, 7) is 12.8. The molecule has 2 saturated heterocycles. The van der Waals surface area contributed by atoms with Crippen LogP contribution < -0.4 is 0 Å². The van der Waals surface area contributed by atoms with Crippen molar-refractivity contribution in [1.82, 2.24) is 14.9 Å². The third kappa shape index (κ3) is 4.96. The van der Waals surface area contributed by atoms with E-state index in [0.29, 0.717) is 25.3 Å². The second-order valence-electron chi connectivity index (χ2n) is 9.17. The number of carbonyl (C=O) groups is 3. The first kappa shape index (κ1) is 22.5. The van der Waals surface area contributed by atoms with E-state index in [2.05, 4.69) is 13.8 Å². The smallest absolute Gasteiger partial charge is 0.433 e. The van der Waals surface area contributed by atoms with Gasteiger partial charge in [-0.15, -0.1) is 0 Å². The molecule has 0 radical (unpaired) electrons. The van der Waals surface area contributed by atoms with Crippen LogP contribution in [0.25, 0.3) is 0 Å². The number of rotatable bonds is 7. The Bertz CT molecular complexity index is 592. The first-order chi connectivity index (χ1) is 13.0. The molecule has 1 unspecified atom stereocenters. The molecule has 0 aromatic heterocycles. The highest BCUT2D eigenvalue weighted by Gasteiger charge is 2.52. The summed E-state index contributed by atoms with van der Waals surface area (Å²) in [5, 5.41) is 10.6. The Kier molecular flexibility index (Phi) is 7.31. The minimum atomic E-state index is -1.24. The normalized spacial score (nSPS) is 25.9. The Morgan fingerprint density at radius 1 is 1.04 bits per heavy atom. The molecule has 8 heteroatoms. The Labute approximate surface area is 167 Å². The molecule has 0 bridgehead atoms. The predicted octanol–water partition coefficient (Wildman–Crippen LogP) is 2.78. The minimum absolute atomic E-state index is 0.0884. The van der Waals surface area contributed by atoms with Crippen molar-refractivity contribution in [2.24, 2.45) is 17.8 Å². The molecular formula is C20H35N3O5. The van der Waals surface area contributed by atoms with Crippen LogP contribution in [-0.4, -0.2) is 69.3 Å². The Hall–Kier alpha value is -1.83. The molecule has 2 fully saturated rings. The van der Waals surface area contributed by atoms with E-state index in [1.165, 1.54) is 4.90 Å². The van der Waals surface area contributed by atoms with Crippen molar-refractivity contribution >= 4 is 17.9 Å². The fraction of sp³-hybridized carbons (Fsp3) is 0.850. The Morgan fingerprint density at radius 3 is 2.14 bits per heavy atom. The van der Waals surface area contributed by atoms with Crippen LogP contribution in [0.5, 0.6) is 0 Å². The molecule has 2 rings (SSSR count). The molecule has 8 nitrogen and oxygen atoms in total. The van der Waals surface area contributed by atoms with E-state index in [0.717, 1.165) is 11.5 Å². The first-order valence-electron chi connectivity index (χ1n) is 10.3. The number of piperazine rings is 1. The number of fused-ring (bicyclic) bond motifs is 1. The molecular weight excluding hydrogens is 362 g/mol. The standard InChI is InChI=1S/C20H35N3O5/c1-12(2)7-8-21-11-17-22(15(18(21)24)9-13(3)4)19(25)16(10-14(5)6)28-23(17)20(26)27/h12-17H,7-11H2,1-6H3,(H,26,27)/t15-,16+,17?/m0/s1. The zero-order chi connectivity index (χ0) is 21.2. The largest absolute Gasteiger partial charge is 0.463 e. The van der Waals surface area contributed by atoms with Gasteiger partial charge in [0.1, 0.15) is 6.04 Å². The SMILES string of the molecule is CC(C)CCN1CC2N(C(=O)O)O[C@H](CC(C)C)C(=O)N2[C@@H](CC(C)C)C1=O. The lowest BCUT2D eigenvalue weighted by Gasteiger charge is -2.52. The van der Waals surface area contributed by atoms with Crippen molar-refractivity contribution in [2.45, 2.75) is 79.1 Å². The van der Waals surface area contributed by atoms with Gasteiger partial charge in [-0.2, -0.15) is 5.06 Å². The first-order valence-corrected chi connectivity index (χ1v) is 10.3. The summed E-state index contributed by atoms with van der Waals surface area (Å²) in [5.74, 6) is 0.405. The van der Waals surface area contributed by atoms with Gasteiger partial charge in [0.15, 0.2) is 12.3 Å². The maximum Gasteiger partial charge on any atom is 0.433 e. The maximum atomic E-state index is 13.2. The molecule has 28 heavy (non-hydrogen) atoms. The number of carboxylic acid groups (broad SMARTS) is 1. The van der Waals surface area contributed by atoms with Gasteiger partial charge in [-0.05, 0) is 37.0 Å². The lowest BCUT2D eigenvalue weighted by atomic mass is 9.95. The summed E-state index contributed by atoms with van der Waals surface area (Å²) < 4.78 is 0. The van der Waals surface area contributed by atoms with Gasteiger partial charge in [-0.3, -0.25) is 14.4 Å². The lowest BCUT2D eigenvalue weighted by Crippen LogP contribution is -2.73. The highest BCUT2D eigenvalue weighted by molar-refractivity contribution is 5.92. The van der Waals surface area contributed by atoms with Gasteiger partial charge in [-0.1, -0.05) is 41.5 Å². The minimum Gasteiger partial charge on any atom is -0.463 e. The van der Waals surface area contributed by atoms with E-state index in [9.17, 15) is 19.5 Å². The fourth-order valence-corrected chi connectivity index (χ4v) is 3.84. The van der Waals surface area contributed by atoms with Crippen LogP contribution in [0, 0.1) is 17.8 Å². The van der Waals surface area contributed by atoms with Crippen molar-refractivity contribution in [3.8, 4) is 0 Å². The molecule has 2 aliphatic heterocycles. The lowest BCUT2D eigenvalue weighted by molar-refractivity contribution is -0.267. The fourth-order valence-electron chi connectivity index (χ4n) is 3.84. The number of nitrogens with zero attached hydrogens (tertiary/aromatic N) is 3. The molecule has 2 aliphatic rings. The van der Waals surface area contributed by atoms with E-state index in [1.807, 2.05) is 27.7 Å². The summed E-state index contributed by atoms with van der Waals surface area (Å²) in [7, 11) is 0. The van der Waals surface area contributed by atoms with Gasteiger partial charge in [0, 0.05) is 6.54 Å². The van der Waals surface area contributed by atoms with E-state index < -0.39 is 24.4 Å². The van der Waals surface area contributed by atoms with E-state index in [-0.39, 0.29) is 30.2 Å². The zero-order valence-corrected chi connectivity index (χ0v) is 17.9. The van der Waals surface area contributed by atoms with Gasteiger partial charge in [0.05, 0.1) is 6.54 Å². The summed E-state index contributed by atoms with van der Waals surface area (Å²) in [4.78, 5) is 47.1. The summed E-state index contributed by atoms with van der Waals surface area (Å²) in [6.07, 6.45) is -1.19. The average molecular weight is 398 g/mol. The van der Waals surface area contributed by atoms with Gasteiger partial charge >= 0.3 is 6.09 Å². The quantitative estimate of drug-likeness (QED) is 0.713. The van der Waals surface area contributed by atoms with Crippen LogP contribution in [0.1, 0.15) is 60.8 Å². The third-order valence-electron chi connectivity index (χ3n) is 5.22. The molecule has 2 heterocycles. The summed E-state index contributed by atoms with van der Waals surface area (Å²) in [6, 6.07) is -0.654. The monoisotopic (exact) mass is 397 g/mol. The molecule has 0 aromatic rings. The van der Waals surface area contributed by atoms with E-state index in [4.69, 9.17) is 4.84 Å². The molecule has 3 amide bonds. The third-order valence-corrected chi connectivity index (χ3v) is 5.22. The van der Waals surface area contributed by atoms with E-state index in [1.54, 1.807) is 4.90 Å². The second-order valence-corrected chi connectivity index (χ2v) is 9.17. The zero-order valence-electron chi connectivity index (χ0n) is 17.9. The van der Waals surface area contributed by atoms with Crippen LogP contribution in [-0.2, 0) is 14.4 Å². The second kappa shape index (κ2) is 9.11. The predicted molar refractivity (Wildman–Crippen MR) is 104 cm³/mol. The van der Waals surface area contributed by atoms with Crippen molar-refractivity contribution in [3.05, 3.63) is 0 Å². The molecule has 0 spiro atoms. The van der Waals surface area contributed by atoms with Gasteiger partial charge in [0.2, 0.25) is 5.91 Å². The molecule has 1 N–H and O–H groups in total. The highest BCUT2D eigenvalue weighted by Crippen LogP contribution is 2.32. The van der Waals surface area contributed by atoms with E-state index >= 15 is 0 Å². The van der Waals surface area contributed by atoms with Gasteiger partial charge in [0.25, 0.3) is 5.91 Å². The van der Waals surface area contributed by atoms with Crippen LogP contribution in [0.3, 0.4) is 0 Å². The number of hydrogen-bond acceptors (Lipinski definition) is 4. The van der Waals surface area contributed by atoms with Crippen LogP contribution in [0.2, 0.25) is 0 Å². The average Bonchev–Trinajstić information content (AvgIpc) is 2.56. The number of hydrogen-bond donors (Lipinski definition) is 1. The Morgan fingerprint density at radius 2 is 1.64 bits per heavy atom. The van der Waals surface area contributed by atoms with Crippen molar-refractivity contribution in [2.75, 3.05) is 13.1 Å². The van der Waals surface area contributed by atoms with Crippen molar-refractivity contribution in [3.63, 3.8) is 0 Å². The van der Waals surface area contributed by atoms with Gasteiger partial charge in [-0.25, -0.2) is 4.79 Å². The summed E-state index contributed by atoms with van der Waals surface area (Å²) in [5.41, 5.74) is 0. The number of hydroxylamine groups is 2. The number of carbonyl (C=O) groups excluding carboxylic acids is 2. The van der Waals surface area contributed by atoms with Crippen LogP contribution >= 0.6 is 0 Å². The molecule has 3 atom stereocenters. The van der Waals surface area contributed by atoms with Crippen molar-refractivity contribution < 1.29 is 24.3 Å². The number of amides is 3. The Balaban J connectivity index is 2.38. The molecule has 160 valence electrons. The topological polar surface area (TPSA) is 90.4 Å². The van der Waals surface area contributed by atoms with Crippen LogP contribution in [0.15, 0.2) is 0 Å². The summed E-state index contributed by atoms with van der Waals surface area (Å²) >= 11 is 0. The van der Waals surface area contributed by atoms with Gasteiger partial charge < -0.3 is 14.9 Å². The van der Waals surface area contributed by atoms with Crippen molar-refractivity contribution in [1.29, 1.82) is 0 Å². The molecule has 0 aliphatic carbocycles. The highest BCUT2D eigenvalue weighted by atomic mass is 16.7.